The van der Waals surface area contributed by atoms with Crippen LogP contribution in [0.5, 0.6) is 5.75 Å². The number of primary sulfonamides is 1. The molecule has 2 aromatic carbocycles. The molecule has 0 heterocycles. The van der Waals surface area contributed by atoms with Gasteiger partial charge in [-0.15, -0.1) is 0 Å². The number of rotatable bonds is 3. The van der Waals surface area contributed by atoms with Crippen molar-refractivity contribution in [2.45, 2.75) is 18.0 Å². The number of hydrogen-bond acceptors (Lipinski definition) is 4. The van der Waals surface area contributed by atoms with E-state index in [2.05, 4.69) is 15.9 Å². The first kappa shape index (κ1) is 20.2. The number of sulfonamides is 1. The number of benzene rings is 2. The third-order valence-electron chi connectivity index (χ3n) is 3.61. The molecular formula is C15H11BrF3NO5S. The summed E-state index contributed by atoms with van der Waals surface area (Å²) in [4.78, 5) is 10.4. The van der Waals surface area contributed by atoms with Gasteiger partial charge in [0.15, 0.2) is 0 Å². The zero-order valence-electron chi connectivity index (χ0n) is 12.9. The number of alkyl halides is 3. The lowest BCUT2D eigenvalue weighted by molar-refractivity contribution is -0.137. The highest BCUT2D eigenvalue weighted by Gasteiger charge is 2.38. The van der Waals surface area contributed by atoms with E-state index in [4.69, 9.17) is 10.2 Å². The van der Waals surface area contributed by atoms with Gasteiger partial charge in [-0.25, -0.2) is 18.4 Å². The summed E-state index contributed by atoms with van der Waals surface area (Å²) in [5.74, 6) is -2.42. The van der Waals surface area contributed by atoms with Gasteiger partial charge in [-0.1, -0.05) is 12.1 Å². The Labute approximate surface area is 154 Å². The maximum absolute atomic E-state index is 13.6. The lowest BCUT2D eigenvalue weighted by Crippen LogP contribution is -2.17. The van der Waals surface area contributed by atoms with Gasteiger partial charge in [0.2, 0.25) is 10.0 Å². The maximum atomic E-state index is 13.6. The van der Waals surface area contributed by atoms with E-state index in [1.165, 1.54) is 6.92 Å². The maximum Gasteiger partial charge on any atom is 0.417 e. The summed E-state index contributed by atoms with van der Waals surface area (Å²) in [7, 11) is -4.46. The Morgan fingerprint density at radius 3 is 2.31 bits per heavy atom. The van der Waals surface area contributed by atoms with E-state index in [9.17, 15) is 31.5 Å². The molecule has 0 amide bonds. The fourth-order valence-electron chi connectivity index (χ4n) is 2.43. The first-order valence-corrected chi connectivity index (χ1v) is 9.09. The van der Waals surface area contributed by atoms with Gasteiger partial charge in [-0.3, -0.25) is 0 Å². The summed E-state index contributed by atoms with van der Waals surface area (Å²) in [6.45, 7) is 1.23. The smallest absolute Gasteiger partial charge is 0.417 e. The topological polar surface area (TPSA) is 118 Å². The Kier molecular flexibility index (Phi) is 5.10. The number of phenols is 1. The van der Waals surface area contributed by atoms with Crippen molar-refractivity contribution in [1.82, 2.24) is 0 Å². The summed E-state index contributed by atoms with van der Waals surface area (Å²) in [6.07, 6.45) is -5.00. The van der Waals surface area contributed by atoms with Crippen molar-refractivity contribution in [3.8, 4) is 16.9 Å². The zero-order chi connectivity index (χ0) is 20.0. The van der Waals surface area contributed by atoms with Crippen LogP contribution in [0.4, 0.5) is 13.2 Å². The van der Waals surface area contributed by atoms with Crippen molar-refractivity contribution in [3.63, 3.8) is 0 Å². The molecule has 0 aliphatic carbocycles. The normalized spacial score (nSPS) is 12.2. The molecule has 26 heavy (non-hydrogen) atoms. The number of carboxylic acid groups (broad SMARTS) is 1. The van der Waals surface area contributed by atoms with Crippen molar-refractivity contribution >= 4 is 31.9 Å². The molecule has 0 fully saturated rings. The quantitative estimate of drug-likeness (QED) is 0.657. The van der Waals surface area contributed by atoms with Crippen molar-refractivity contribution in [3.05, 3.63) is 45.4 Å². The average molecular weight is 454 g/mol. The van der Waals surface area contributed by atoms with E-state index in [1.54, 1.807) is 0 Å². The number of halogens is 4. The number of para-hydroxylation sites is 1. The van der Waals surface area contributed by atoms with Crippen molar-refractivity contribution in [1.29, 1.82) is 0 Å². The van der Waals surface area contributed by atoms with Gasteiger partial charge < -0.3 is 10.2 Å². The van der Waals surface area contributed by atoms with Gasteiger partial charge in [0, 0.05) is 15.6 Å². The van der Waals surface area contributed by atoms with Gasteiger partial charge in [-0.05, 0) is 40.5 Å². The molecule has 11 heteroatoms. The predicted octanol–water partition coefficient (Wildman–Crippen LogP) is 3.49. The van der Waals surface area contributed by atoms with Crippen LogP contribution in [-0.2, 0) is 16.2 Å². The van der Waals surface area contributed by atoms with Gasteiger partial charge >= 0.3 is 12.1 Å². The number of carboxylic acids is 1. The van der Waals surface area contributed by atoms with Gasteiger partial charge in [-0.2, -0.15) is 13.2 Å². The van der Waals surface area contributed by atoms with E-state index < -0.39 is 55.1 Å². The number of aromatic carboxylic acids is 1. The van der Waals surface area contributed by atoms with Gasteiger partial charge in [0.1, 0.15) is 11.3 Å². The second-order valence-electron chi connectivity index (χ2n) is 5.29. The van der Waals surface area contributed by atoms with Crippen LogP contribution in [-0.4, -0.2) is 24.6 Å². The standard InChI is InChI=1S/C15H11BrF3NO5S/c1-6-10(26(20,24)25)5-9(15(17,18)19)11(12(6)16)7-3-2-4-8(13(7)21)14(22)23/h2-5,21H,1H3,(H,22,23)(H2,20,24,25). The van der Waals surface area contributed by atoms with Crippen LogP contribution >= 0.6 is 15.9 Å². The van der Waals surface area contributed by atoms with E-state index in [0.29, 0.717) is 6.07 Å². The minimum Gasteiger partial charge on any atom is -0.506 e. The monoisotopic (exact) mass is 453 g/mol. The molecule has 0 aliphatic heterocycles. The molecule has 2 rings (SSSR count). The van der Waals surface area contributed by atoms with Gasteiger partial charge in [0.05, 0.1) is 10.5 Å². The highest BCUT2D eigenvalue weighted by Crippen LogP contribution is 2.47. The summed E-state index contributed by atoms with van der Waals surface area (Å²) < 4.78 is 63.6. The molecule has 2 aromatic rings. The Morgan fingerprint density at radius 2 is 1.85 bits per heavy atom. The van der Waals surface area contributed by atoms with Crippen LogP contribution in [0.3, 0.4) is 0 Å². The number of aromatic hydroxyl groups is 1. The Morgan fingerprint density at radius 1 is 1.27 bits per heavy atom. The fraction of sp³-hybridized carbons (Fsp3) is 0.133. The SMILES string of the molecule is Cc1c(S(N)(=O)=O)cc(C(F)(F)F)c(-c2cccc(C(=O)O)c2O)c1Br. The van der Waals surface area contributed by atoms with Crippen LogP contribution in [0, 0.1) is 6.92 Å². The molecule has 0 radical (unpaired) electrons. The lowest BCUT2D eigenvalue weighted by Gasteiger charge is -2.20. The Hall–Kier alpha value is -2.11. The molecule has 0 saturated heterocycles. The van der Waals surface area contributed by atoms with E-state index >= 15 is 0 Å². The predicted molar refractivity (Wildman–Crippen MR) is 89.3 cm³/mol. The van der Waals surface area contributed by atoms with Crippen LogP contribution in [0.15, 0.2) is 33.6 Å². The van der Waals surface area contributed by atoms with Crippen molar-refractivity contribution in [2.24, 2.45) is 5.14 Å². The minimum atomic E-state index is -5.00. The number of carbonyl (C=O) groups is 1. The zero-order valence-corrected chi connectivity index (χ0v) is 15.3. The van der Waals surface area contributed by atoms with Gasteiger partial charge in [0.25, 0.3) is 0 Å². The number of nitrogens with two attached hydrogens (primary N) is 1. The summed E-state index contributed by atoms with van der Waals surface area (Å²) in [5, 5.41) is 24.2. The fourth-order valence-corrected chi connectivity index (χ4v) is 4.01. The second-order valence-corrected chi connectivity index (χ2v) is 7.61. The average Bonchev–Trinajstić information content (AvgIpc) is 2.47. The highest BCUT2D eigenvalue weighted by atomic mass is 79.9. The molecule has 0 bridgehead atoms. The molecule has 0 aliphatic rings. The second kappa shape index (κ2) is 6.56. The molecule has 4 N–H and O–H groups in total. The third-order valence-corrected chi connectivity index (χ3v) is 5.64. The molecule has 0 atom stereocenters. The molecule has 0 unspecified atom stereocenters. The van der Waals surface area contributed by atoms with E-state index in [1.807, 2.05) is 0 Å². The van der Waals surface area contributed by atoms with Crippen LogP contribution in [0.1, 0.15) is 21.5 Å². The van der Waals surface area contributed by atoms with E-state index in [-0.39, 0.29) is 10.0 Å². The number of hydrogen-bond donors (Lipinski definition) is 3. The Bertz CT molecular complexity index is 1020. The first-order valence-electron chi connectivity index (χ1n) is 6.75. The summed E-state index contributed by atoms with van der Waals surface area (Å²) >= 11 is 2.92. The summed E-state index contributed by atoms with van der Waals surface area (Å²) in [5.41, 5.74) is -3.13. The molecule has 0 spiro atoms. The van der Waals surface area contributed by atoms with Crippen LogP contribution in [0.25, 0.3) is 11.1 Å². The molecule has 140 valence electrons. The van der Waals surface area contributed by atoms with Crippen molar-refractivity contribution < 1.29 is 36.6 Å². The highest BCUT2D eigenvalue weighted by molar-refractivity contribution is 9.10. The largest absolute Gasteiger partial charge is 0.506 e. The molecule has 0 aromatic heterocycles. The van der Waals surface area contributed by atoms with E-state index in [0.717, 1.165) is 18.2 Å². The van der Waals surface area contributed by atoms with Crippen LogP contribution < -0.4 is 5.14 Å². The molecule has 6 nitrogen and oxygen atoms in total. The molecule has 0 saturated carbocycles. The minimum absolute atomic E-state index is 0.115. The Balaban J connectivity index is 3.02. The molecular weight excluding hydrogens is 443 g/mol. The first-order chi connectivity index (χ1) is 11.8. The van der Waals surface area contributed by atoms with Crippen molar-refractivity contribution in [2.75, 3.05) is 0 Å². The summed E-state index contributed by atoms with van der Waals surface area (Å²) in [6, 6.07) is 3.63. The van der Waals surface area contributed by atoms with Crippen LogP contribution in [0.2, 0.25) is 0 Å². The third kappa shape index (κ3) is 3.55. The lowest BCUT2D eigenvalue weighted by atomic mass is 9.94.